The molecule has 1 N–H and O–H groups in total. The van der Waals surface area contributed by atoms with E-state index in [0.717, 1.165) is 18.4 Å². The first-order valence-corrected chi connectivity index (χ1v) is 10.8. The van der Waals surface area contributed by atoms with Crippen molar-refractivity contribution in [1.29, 1.82) is 0 Å². The Morgan fingerprint density at radius 3 is 2.39 bits per heavy atom. The third-order valence-corrected chi connectivity index (χ3v) is 7.02. The Morgan fingerprint density at radius 2 is 1.79 bits per heavy atom. The summed E-state index contributed by atoms with van der Waals surface area (Å²) in [5.74, 6) is 0.0384. The van der Waals surface area contributed by atoms with Crippen LogP contribution in [0.3, 0.4) is 0 Å². The molecule has 1 fully saturated rings. The fourth-order valence-corrected chi connectivity index (χ4v) is 4.60. The Hall–Kier alpha value is -2.38. The van der Waals surface area contributed by atoms with Crippen LogP contribution in [0.25, 0.3) is 0 Å². The van der Waals surface area contributed by atoms with Crippen molar-refractivity contribution < 1.29 is 18.3 Å². The predicted molar refractivity (Wildman–Crippen MR) is 109 cm³/mol. The number of piperidine rings is 1. The molecule has 1 aliphatic rings. The van der Waals surface area contributed by atoms with Gasteiger partial charge in [-0.05, 0) is 62.1 Å². The van der Waals surface area contributed by atoms with Crippen LogP contribution in [0.1, 0.15) is 28.8 Å². The van der Waals surface area contributed by atoms with Gasteiger partial charge in [0.25, 0.3) is 15.9 Å². The van der Waals surface area contributed by atoms with E-state index in [-0.39, 0.29) is 23.3 Å². The van der Waals surface area contributed by atoms with E-state index < -0.39 is 10.0 Å². The summed E-state index contributed by atoms with van der Waals surface area (Å²) in [5, 5.41) is 9.34. The van der Waals surface area contributed by atoms with E-state index >= 15 is 0 Å². The predicted octanol–water partition coefficient (Wildman–Crippen LogP) is 2.66. The molecule has 0 spiro atoms. The Morgan fingerprint density at radius 1 is 1.14 bits per heavy atom. The molecule has 2 aromatic rings. The maximum atomic E-state index is 12.8. The number of hydrogen-bond acceptors (Lipinski definition) is 4. The molecule has 1 amide bonds. The monoisotopic (exact) mass is 402 g/mol. The molecule has 28 heavy (non-hydrogen) atoms. The number of rotatable bonds is 5. The van der Waals surface area contributed by atoms with Crippen LogP contribution in [0.15, 0.2) is 53.4 Å². The molecule has 1 aliphatic heterocycles. The van der Waals surface area contributed by atoms with Gasteiger partial charge >= 0.3 is 0 Å². The topological polar surface area (TPSA) is 77.9 Å². The molecule has 1 unspecified atom stereocenters. The van der Waals surface area contributed by atoms with Gasteiger partial charge in [-0.3, -0.25) is 9.10 Å². The van der Waals surface area contributed by atoms with E-state index in [1.54, 1.807) is 53.4 Å². The van der Waals surface area contributed by atoms with Gasteiger partial charge < -0.3 is 10.0 Å². The molecule has 3 rings (SSSR count). The second kappa shape index (κ2) is 8.32. The summed E-state index contributed by atoms with van der Waals surface area (Å²) in [7, 11) is -2.16. The van der Waals surface area contributed by atoms with Crippen LogP contribution < -0.4 is 4.31 Å². The number of nitrogens with zero attached hydrogens (tertiary/aromatic N) is 2. The minimum Gasteiger partial charge on any atom is -0.396 e. The number of aliphatic hydroxyl groups excluding tert-OH is 1. The lowest BCUT2D eigenvalue weighted by atomic mass is 9.98. The van der Waals surface area contributed by atoms with Crippen molar-refractivity contribution in [3.05, 3.63) is 59.7 Å². The zero-order valence-electron chi connectivity index (χ0n) is 16.2. The summed E-state index contributed by atoms with van der Waals surface area (Å²) < 4.78 is 26.8. The molecule has 0 aliphatic carbocycles. The zero-order chi connectivity index (χ0) is 20.3. The molecule has 0 aromatic heterocycles. The van der Waals surface area contributed by atoms with Gasteiger partial charge in [0.1, 0.15) is 0 Å². The molecule has 2 aromatic carbocycles. The molecule has 1 saturated heterocycles. The van der Waals surface area contributed by atoms with Gasteiger partial charge in [-0.2, -0.15) is 0 Å². The van der Waals surface area contributed by atoms with Crippen LogP contribution in [0.4, 0.5) is 5.69 Å². The molecular formula is C21H26N2O4S. The number of carbonyl (C=O) groups excluding carboxylic acids is 1. The number of amides is 1. The van der Waals surface area contributed by atoms with E-state index in [4.69, 9.17) is 0 Å². The summed E-state index contributed by atoms with van der Waals surface area (Å²) in [4.78, 5) is 14.7. The first kappa shape index (κ1) is 20.4. The molecule has 0 radical (unpaired) electrons. The highest BCUT2D eigenvalue weighted by molar-refractivity contribution is 7.92. The van der Waals surface area contributed by atoms with Crippen molar-refractivity contribution in [2.45, 2.75) is 24.7 Å². The zero-order valence-corrected chi connectivity index (χ0v) is 17.0. The summed E-state index contributed by atoms with van der Waals surface area (Å²) in [6.07, 6.45) is 1.81. The summed E-state index contributed by atoms with van der Waals surface area (Å²) >= 11 is 0. The van der Waals surface area contributed by atoms with Gasteiger partial charge in [0, 0.05) is 32.3 Å². The lowest BCUT2D eigenvalue weighted by Crippen LogP contribution is -2.40. The lowest BCUT2D eigenvalue weighted by Gasteiger charge is -2.32. The highest BCUT2D eigenvalue weighted by Gasteiger charge is 2.25. The second-order valence-electron chi connectivity index (χ2n) is 7.27. The van der Waals surface area contributed by atoms with E-state index in [1.807, 2.05) is 6.92 Å². The summed E-state index contributed by atoms with van der Waals surface area (Å²) in [6.45, 7) is 3.23. The summed E-state index contributed by atoms with van der Waals surface area (Å²) in [6, 6.07) is 13.3. The first-order chi connectivity index (χ1) is 13.3. The number of aliphatic hydroxyl groups is 1. The Balaban J connectivity index is 1.76. The molecule has 1 heterocycles. The largest absolute Gasteiger partial charge is 0.396 e. The second-order valence-corrected chi connectivity index (χ2v) is 9.24. The fourth-order valence-electron chi connectivity index (χ4n) is 3.40. The van der Waals surface area contributed by atoms with Crippen LogP contribution in [-0.2, 0) is 10.0 Å². The third-order valence-electron chi connectivity index (χ3n) is 5.22. The SMILES string of the molecule is Cc1ccc(S(=O)(=O)N(C)c2ccc(C(=O)N3CCCC(CO)C3)cc2)cc1. The molecule has 0 bridgehead atoms. The van der Waals surface area contributed by atoms with Crippen molar-refractivity contribution >= 4 is 21.6 Å². The highest BCUT2D eigenvalue weighted by Crippen LogP contribution is 2.24. The number of sulfonamides is 1. The first-order valence-electron chi connectivity index (χ1n) is 9.38. The minimum atomic E-state index is -3.66. The average Bonchev–Trinajstić information content (AvgIpc) is 2.73. The third kappa shape index (κ3) is 4.20. The lowest BCUT2D eigenvalue weighted by molar-refractivity contribution is 0.0620. The Labute approximate surface area is 166 Å². The Bertz CT molecular complexity index is 924. The van der Waals surface area contributed by atoms with E-state index in [0.29, 0.717) is 24.3 Å². The van der Waals surface area contributed by atoms with Crippen molar-refractivity contribution in [1.82, 2.24) is 4.90 Å². The maximum absolute atomic E-state index is 12.8. The van der Waals surface area contributed by atoms with Gasteiger partial charge in [0.2, 0.25) is 0 Å². The molecular weight excluding hydrogens is 376 g/mol. The maximum Gasteiger partial charge on any atom is 0.264 e. The Kier molecular flexibility index (Phi) is 6.05. The highest BCUT2D eigenvalue weighted by atomic mass is 32.2. The van der Waals surface area contributed by atoms with Gasteiger partial charge in [-0.15, -0.1) is 0 Å². The number of benzene rings is 2. The van der Waals surface area contributed by atoms with Crippen LogP contribution in [0.5, 0.6) is 0 Å². The van der Waals surface area contributed by atoms with E-state index in [1.165, 1.54) is 11.4 Å². The van der Waals surface area contributed by atoms with E-state index in [2.05, 4.69) is 0 Å². The van der Waals surface area contributed by atoms with Gasteiger partial charge in [0.05, 0.1) is 10.6 Å². The normalized spacial score (nSPS) is 17.4. The van der Waals surface area contributed by atoms with Crippen molar-refractivity contribution in [3.8, 4) is 0 Å². The number of likely N-dealkylation sites (tertiary alicyclic amines) is 1. The standard InChI is InChI=1S/C21H26N2O4S/c1-16-5-11-20(12-6-16)28(26,27)22(2)19-9-7-18(8-10-19)21(25)23-13-3-4-17(14-23)15-24/h5-12,17,24H,3-4,13-15H2,1-2H3. The molecule has 6 nitrogen and oxygen atoms in total. The van der Waals surface area contributed by atoms with Gasteiger partial charge in [0.15, 0.2) is 0 Å². The van der Waals surface area contributed by atoms with E-state index in [9.17, 15) is 18.3 Å². The molecule has 150 valence electrons. The quantitative estimate of drug-likeness (QED) is 0.834. The van der Waals surface area contributed by atoms with Crippen LogP contribution in [0, 0.1) is 12.8 Å². The van der Waals surface area contributed by atoms with Gasteiger partial charge in [-0.1, -0.05) is 17.7 Å². The van der Waals surface area contributed by atoms with Crippen LogP contribution in [0.2, 0.25) is 0 Å². The van der Waals surface area contributed by atoms with Crippen molar-refractivity contribution in [2.75, 3.05) is 31.0 Å². The number of anilines is 1. The minimum absolute atomic E-state index is 0.0877. The van der Waals surface area contributed by atoms with Gasteiger partial charge in [-0.25, -0.2) is 8.42 Å². The molecule has 1 atom stereocenters. The average molecular weight is 403 g/mol. The fraction of sp³-hybridized carbons (Fsp3) is 0.381. The van der Waals surface area contributed by atoms with Crippen molar-refractivity contribution in [2.24, 2.45) is 5.92 Å². The molecule has 0 saturated carbocycles. The smallest absolute Gasteiger partial charge is 0.264 e. The molecule has 7 heteroatoms. The van der Waals surface area contributed by atoms with Crippen molar-refractivity contribution in [3.63, 3.8) is 0 Å². The number of hydrogen-bond donors (Lipinski definition) is 1. The number of aryl methyl sites for hydroxylation is 1. The summed E-state index contributed by atoms with van der Waals surface area (Å²) in [5.41, 5.74) is 2.00. The number of carbonyl (C=O) groups is 1. The van der Waals surface area contributed by atoms with Crippen LogP contribution in [-0.4, -0.2) is 51.1 Å². The van der Waals surface area contributed by atoms with Crippen LogP contribution >= 0.6 is 0 Å².